The first kappa shape index (κ1) is 17.8. The summed E-state index contributed by atoms with van der Waals surface area (Å²) >= 11 is 12.3. The highest BCUT2D eigenvalue weighted by Crippen LogP contribution is 2.37. The lowest BCUT2D eigenvalue weighted by Crippen LogP contribution is -2.34. The smallest absolute Gasteiger partial charge is 0.227 e. The Morgan fingerprint density at radius 2 is 1.76 bits per heavy atom. The topological polar surface area (TPSA) is 49.4 Å². The van der Waals surface area contributed by atoms with Gasteiger partial charge in [-0.3, -0.25) is 9.59 Å². The van der Waals surface area contributed by atoms with Crippen molar-refractivity contribution >= 4 is 40.7 Å². The van der Waals surface area contributed by atoms with Crippen LogP contribution >= 0.6 is 23.2 Å². The Bertz CT molecular complexity index is 760. The highest BCUT2D eigenvalue weighted by atomic mass is 35.5. The van der Waals surface area contributed by atoms with Crippen molar-refractivity contribution in [2.24, 2.45) is 5.92 Å². The van der Waals surface area contributed by atoms with E-state index < -0.39 is 5.92 Å². The van der Waals surface area contributed by atoms with Crippen LogP contribution in [-0.2, 0) is 16.0 Å². The number of halogens is 2. The van der Waals surface area contributed by atoms with Crippen LogP contribution in [0.1, 0.15) is 12.0 Å². The molecule has 0 spiro atoms. The molecule has 1 aliphatic rings. The van der Waals surface area contributed by atoms with E-state index in [4.69, 9.17) is 23.2 Å². The van der Waals surface area contributed by atoms with Gasteiger partial charge in [0.1, 0.15) is 0 Å². The van der Waals surface area contributed by atoms with E-state index >= 15 is 0 Å². The normalized spacial score (nSPS) is 17.0. The maximum Gasteiger partial charge on any atom is 0.227 e. The molecule has 0 saturated carbocycles. The van der Waals surface area contributed by atoms with Gasteiger partial charge < -0.3 is 10.2 Å². The van der Waals surface area contributed by atoms with Gasteiger partial charge in [0.15, 0.2) is 0 Å². The van der Waals surface area contributed by atoms with Crippen LogP contribution in [0.25, 0.3) is 0 Å². The van der Waals surface area contributed by atoms with Gasteiger partial charge in [-0.2, -0.15) is 0 Å². The van der Waals surface area contributed by atoms with Crippen molar-refractivity contribution in [2.75, 3.05) is 18.0 Å². The molecule has 3 rings (SSSR count). The molecule has 1 N–H and O–H groups in total. The Morgan fingerprint density at radius 1 is 1.08 bits per heavy atom. The van der Waals surface area contributed by atoms with Gasteiger partial charge in [-0.1, -0.05) is 59.6 Å². The largest absolute Gasteiger partial charge is 0.355 e. The number of carbonyl (C=O) groups excluding carboxylic acids is 2. The minimum atomic E-state index is -0.393. The summed E-state index contributed by atoms with van der Waals surface area (Å²) in [7, 11) is 0. The summed E-state index contributed by atoms with van der Waals surface area (Å²) in [6, 6.07) is 15.0. The second-order valence-electron chi connectivity index (χ2n) is 6.00. The minimum absolute atomic E-state index is 0.116. The van der Waals surface area contributed by atoms with E-state index in [1.807, 2.05) is 30.3 Å². The molecule has 0 bridgehead atoms. The van der Waals surface area contributed by atoms with Crippen molar-refractivity contribution in [2.45, 2.75) is 12.8 Å². The molecule has 0 radical (unpaired) electrons. The summed E-state index contributed by atoms with van der Waals surface area (Å²) in [4.78, 5) is 26.2. The average molecular weight is 377 g/mol. The molecule has 1 atom stereocenters. The molecule has 2 amide bonds. The van der Waals surface area contributed by atoms with E-state index in [2.05, 4.69) is 5.32 Å². The lowest BCUT2D eigenvalue weighted by Gasteiger charge is -2.19. The van der Waals surface area contributed by atoms with Crippen LogP contribution in [-0.4, -0.2) is 24.9 Å². The molecule has 4 nitrogen and oxygen atoms in total. The summed E-state index contributed by atoms with van der Waals surface area (Å²) in [6.07, 6.45) is 0.923. The number of rotatable bonds is 5. The summed E-state index contributed by atoms with van der Waals surface area (Å²) in [5.74, 6) is -0.649. The first-order valence-electron chi connectivity index (χ1n) is 8.12. The maximum absolute atomic E-state index is 12.4. The molecule has 0 aromatic heterocycles. The Morgan fingerprint density at radius 3 is 2.44 bits per heavy atom. The van der Waals surface area contributed by atoms with Crippen LogP contribution in [0.4, 0.5) is 5.69 Å². The number of amides is 2. The van der Waals surface area contributed by atoms with E-state index in [0.717, 1.165) is 12.0 Å². The lowest BCUT2D eigenvalue weighted by atomic mass is 10.1. The first-order valence-corrected chi connectivity index (χ1v) is 8.88. The second-order valence-corrected chi connectivity index (χ2v) is 6.82. The van der Waals surface area contributed by atoms with E-state index in [9.17, 15) is 9.59 Å². The Labute approximate surface area is 156 Å². The number of benzene rings is 2. The molecular weight excluding hydrogens is 359 g/mol. The summed E-state index contributed by atoms with van der Waals surface area (Å²) in [5, 5.41) is 3.73. The third-order valence-corrected chi connectivity index (χ3v) is 4.87. The fourth-order valence-electron chi connectivity index (χ4n) is 2.97. The van der Waals surface area contributed by atoms with Crippen molar-refractivity contribution in [3.05, 3.63) is 64.1 Å². The van der Waals surface area contributed by atoms with Crippen molar-refractivity contribution < 1.29 is 9.59 Å². The van der Waals surface area contributed by atoms with Gasteiger partial charge in [-0.15, -0.1) is 0 Å². The molecular formula is C19H18Cl2N2O2. The first-order chi connectivity index (χ1) is 12.1. The number of hydrogen-bond acceptors (Lipinski definition) is 2. The van der Waals surface area contributed by atoms with E-state index in [1.165, 1.54) is 4.90 Å². The van der Waals surface area contributed by atoms with Gasteiger partial charge >= 0.3 is 0 Å². The number of para-hydroxylation sites is 1. The molecule has 2 aromatic rings. The van der Waals surface area contributed by atoms with Crippen LogP contribution in [0.5, 0.6) is 0 Å². The highest BCUT2D eigenvalue weighted by molar-refractivity contribution is 6.40. The third-order valence-electron chi connectivity index (χ3n) is 4.26. The average Bonchev–Trinajstić information content (AvgIpc) is 2.97. The number of nitrogens with zero attached hydrogens (tertiary/aromatic N) is 1. The van der Waals surface area contributed by atoms with Crippen LogP contribution in [0.15, 0.2) is 48.5 Å². The zero-order valence-electron chi connectivity index (χ0n) is 13.5. The molecule has 6 heteroatoms. The van der Waals surface area contributed by atoms with Gasteiger partial charge in [0, 0.05) is 19.5 Å². The van der Waals surface area contributed by atoms with Crippen LogP contribution in [0.3, 0.4) is 0 Å². The molecule has 1 saturated heterocycles. The summed E-state index contributed by atoms with van der Waals surface area (Å²) in [6.45, 7) is 0.833. The van der Waals surface area contributed by atoms with Gasteiger partial charge in [0.25, 0.3) is 0 Å². The zero-order chi connectivity index (χ0) is 17.8. The van der Waals surface area contributed by atoms with Gasteiger partial charge in [0.2, 0.25) is 11.8 Å². The van der Waals surface area contributed by atoms with Crippen molar-refractivity contribution in [3.63, 3.8) is 0 Å². The highest BCUT2D eigenvalue weighted by Gasteiger charge is 2.36. The summed E-state index contributed by atoms with van der Waals surface area (Å²) in [5.41, 5.74) is 1.64. The Balaban J connectivity index is 1.59. The molecule has 130 valence electrons. The standard InChI is InChI=1S/C19H18Cl2N2O2/c20-15-7-4-8-16(21)18(15)23-12-14(11-17(23)24)19(25)22-10-9-13-5-2-1-3-6-13/h1-8,14H,9-12H2,(H,22,25). The minimum Gasteiger partial charge on any atom is -0.355 e. The molecule has 1 aliphatic heterocycles. The van der Waals surface area contributed by atoms with Crippen molar-refractivity contribution in [3.8, 4) is 0 Å². The Hall–Kier alpha value is -2.04. The number of anilines is 1. The van der Waals surface area contributed by atoms with Crippen molar-refractivity contribution in [1.82, 2.24) is 5.32 Å². The predicted octanol–water partition coefficient (Wildman–Crippen LogP) is 3.71. The fourth-order valence-corrected chi connectivity index (χ4v) is 3.57. The third kappa shape index (κ3) is 4.14. The molecule has 25 heavy (non-hydrogen) atoms. The lowest BCUT2D eigenvalue weighted by molar-refractivity contribution is -0.126. The quantitative estimate of drug-likeness (QED) is 0.864. The predicted molar refractivity (Wildman–Crippen MR) is 100 cm³/mol. The SMILES string of the molecule is O=C(NCCc1ccccc1)C1CC(=O)N(c2c(Cl)cccc2Cl)C1. The molecule has 1 fully saturated rings. The maximum atomic E-state index is 12.4. The second kappa shape index (κ2) is 7.89. The van der Waals surface area contributed by atoms with Crippen LogP contribution < -0.4 is 10.2 Å². The summed E-state index contributed by atoms with van der Waals surface area (Å²) < 4.78 is 0. The number of carbonyl (C=O) groups is 2. The van der Waals surface area contributed by atoms with Gasteiger partial charge in [0.05, 0.1) is 21.7 Å². The van der Waals surface area contributed by atoms with Crippen molar-refractivity contribution in [1.29, 1.82) is 0 Å². The number of nitrogens with one attached hydrogen (secondary N) is 1. The molecule has 0 aliphatic carbocycles. The van der Waals surface area contributed by atoms with E-state index in [-0.39, 0.29) is 18.2 Å². The zero-order valence-corrected chi connectivity index (χ0v) is 15.1. The van der Waals surface area contributed by atoms with Crippen LogP contribution in [0.2, 0.25) is 10.0 Å². The molecule has 1 heterocycles. The molecule has 1 unspecified atom stereocenters. The number of hydrogen-bond donors (Lipinski definition) is 1. The van der Waals surface area contributed by atoms with Gasteiger partial charge in [-0.05, 0) is 24.1 Å². The van der Waals surface area contributed by atoms with Gasteiger partial charge in [-0.25, -0.2) is 0 Å². The van der Waals surface area contributed by atoms with E-state index in [0.29, 0.717) is 28.8 Å². The fraction of sp³-hybridized carbons (Fsp3) is 0.263. The molecule has 2 aromatic carbocycles. The van der Waals surface area contributed by atoms with Crippen LogP contribution in [0, 0.1) is 5.92 Å². The van der Waals surface area contributed by atoms with E-state index in [1.54, 1.807) is 18.2 Å². The monoisotopic (exact) mass is 376 g/mol. The Kier molecular flexibility index (Phi) is 5.61.